The van der Waals surface area contributed by atoms with Crippen LogP contribution >= 0.6 is 11.3 Å². The summed E-state index contributed by atoms with van der Waals surface area (Å²) < 4.78 is 0. The Kier molecular flexibility index (Phi) is 6.49. The minimum absolute atomic E-state index is 0.0408. The van der Waals surface area contributed by atoms with Gasteiger partial charge in [-0.3, -0.25) is 35.1 Å². The van der Waals surface area contributed by atoms with E-state index in [0.717, 1.165) is 17.1 Å². The molecule has 1 heterocycles. The Morgan fingerprint density at radius 2 is 1.69 bits per heavy atom. The Labute approximate surface area is 184 Å². The summed E-state index contributed by atoms with van der Waals surface area (Å²) >= 11 is 1.21. The summed E-state index contributed by atoms with van der Waals surface area (Å²) in [7, 11) is 0. The first-order valence-electron chi connectivity index (χ1n) is 9.18. The third-order valence-electron chi connectivity index (χ3n) is 4.43. The molecule has 3 aromatic rings. The predicted molar refractivity (Wildman–Crippen MR) is 116 cm³/mol. The number of non-ortho nitro benzene ring substituents is 1. The molecule has 0 radical (unpaired) electrons. The lowest BCUT2D eigenvalue weighted by atomic mass is 10.0. The van der Waals surface area contributed by atoms with Gasteiger partial charge < -0.3 is 5.32 Å². The highest BCUT2D eigenvalue weighted by atomic mass is 32.1. The van der Waals surface area contributed by atoms with Crippen molar-refractivity contribution in [2.45, 2.75) is 20.3 Å². The van der Waals surface area contributed by atoms with Crippen molar-refractivity contribution < 1.29 is 19.4 Å². The molecule has 13 heteroatoms. The SMILES string of the molecule is CCc1nnc(NC(=O)c2ccccc2NC(=O)c2cc([N+](=O)[O-])cc([N+](=O)[O-])c2C)s1. The molecule has 2 amide bonds. The molecule has 0 atom stereocenters. The Bertz CT molecular complexity index is 1240. The molecule has 2 aromatic carbocycles. The number of hydrogen-bond acceptors (Lipinski definition) is 9. The van der Waals surface area contributed by atoms with E-state index in [9.17, 15) is 29.8 Å². The van der Waals surface area contributed by atoms with Crippen LogP contribution in [0.25, 0.3) is 0 Å². The first kappa shape index (κ1) is 22.4. The maximum absolute atomic E-state index is 12.9. The monoisotopic (exact) mass is 456 g/mol. The summed E-state index contributed by atoms with van der Waals surface area (Å²) in [6.45, 7) is 3.22. The number of aryl methyl sites for hydroxylation is 1. The third-order valence-corrected chi connectivity index (χ3v) is 5.41. The van der Waals surface area contributed by atoms with Crippen molar-refractivity contribution in [3.8, 4) is 0 Å². The van der Waals surface area contributed by atoms with Crippen molar-refractivity contribution in [3.63, 3.8) is 0 Å². The molecule has 32 heavy (non-hydrogen) atoms. The van der Waals surface area contributed by atoms with Gasteiger partial charge >= 0.3 is 0 Å². The number of para-hydroxylation sites is 1. The molecule has 0 spiro atoms. The van der Waals surface area contributed by atoms with E-state index >= 15 is 0 Å². The number of rotatable bonds is 7. The standard InChI is InChI=1S/C19H16N6O6S/c1-3-16-22-23-19(32-16)21-17(26)12-6-4-5-7-14(12)20-18(27)13-8-11(24(28)29)9-15(10(13)2)25(30)31/h4-9H,3H2,1-2H3,(H,20,27)(H,21,23,26). The zero-order valence-corrected chi connectivity index (χ0v) is 17.6. The van der Waals surface area contributed by atoms with Crippen molar-refractivity contribution in [1.29, 1.82) is 0 Å². The van der Waals surface area contributed by atoms with Gasteiger partial charge in [0.05, 0.1) is 32.7 Å². The van der Waals surface area contributed by atoms with Crippen LogP contribution in [0.1, 0.15) is 38.2 Å². The Morgan fingerprint density at radius 1 is 1.00 bits per heavy atom. The predicted octanol–water partition coefficient (Wildman–Crippen LogP) is 3.73. The van der Waals surface area contributed by atoms with Crippen LogP contribution < -0.4 is 10.6 Å². The van der Waals surface area contributed by atoms with E-state index < -0.39 is 33.0 Å². The fourth-order valence-corrected chi connectivity index (χ4v) is 3.48. The van der Waals surface area contributed by atoms with Crippen molar-refractivity contribution in [3.05, 3.63) is 78.3 Å². The zero-order chi connectivity index (χ0) is 23.4. The van der Waals surface area contributed by atoms with Gasteiger partial charge in [0, 0.05) is 11.6 Å². The van der Waals surface area contributed by atoms with E-state index in [1.54, 1.807) is 12.1 Å². The van der Waals surface area contributed by atoms with Gasteiger partial charge in [-0.2, -0.15) is 0 Å². The van der Waals surface area contributed by atoms with Gasteiger partial charge in [-0.05, 0) is 25.5 Å². The highest BCUT2D eigenvalue weighted by molar-refractivity contribution is 7.15. The van der Waals surface area contributed by atoms with Crippen LogP contribution in [0.15, 0.2) is 36.4 Å². The van der Waals surface area contributed by atoms with Crippen LogP contribution in [0.5, 0.6) is 0 Å². The second-order valence-corrected chi connectivity index (χ2v) is 7.52. The summed E-state index contributed by atoms with van der Waals surface area (Å²) in [6, 6.07) is 7.84. The number of carbonyl (C=O) groups excluding carboxylic acids is 2. The minimum atomic E-state index is -0.835. The van der Waals surface area contributed by atoms with Crippen LogP contribution in [-0.4, -0.2) is 31.9 Å². The molecule has 0 saturated heterocycles. The Morgan fingerprint density at radius 3 is 2.31 bits per heavy atom. The Balaban J connectivity index is 1.91. The van der Waals surface area contributed by atoms with Crippen molar-refractivity contribution in [1.82, 2.24) is 10.2 Å². The van der Waals surface area contributed by atoms with E-state index in [4.69, 9.17) is 0 Å². The highest BCUT2D eigenvalue weighted by Crippen LogP contribution is 2.29. The molecule has 164 valence electrons. The molecule has 0 fully saturated rings. The molecule has 0 saturated carbocycles. The van der Waals surface area contributed by atoms with Crippen molar-refractivity contribution in [2.24, 2.45) is 0 Å². The van der Waals surface area contributed by atoms with E-state index in [0.29, 0.717) is 6.42 Å². The maximum Gasteiger partial charge on any atom is 0.279 e. The molecule has 1 aromatic heterocycles. The Hall–Kier alpha value is -4.26. The first-order valence-corrected chi connectivity index (χ1v) is 10.0. The summed E-state index contributed by atoms with van der Waals surface area (Å²) in [4.78, 5) is 46.3. The molecule has 0 aliphatic heterocycles. The summed E-state index contributed by atoms with van der Waals surface area (Å²) in [5.41, 5.74) is -1.23. The fraction of sp³-hybridized carbons (Fsp3) is 0.158. The number of hydrogen-bond donors (Lipinski definition) is 2. The number of benzene rings is 2. The number of amides is 2. The van der Waals surface area contributed by atoms with Gasteiger partial charge in [-0.1, -0.05) is 30.4 Å². The molecule has 0 aliphatic carbocycles. The molecular formula is C19H16N6O6S. The number of nitro groups is 2. The quantitative estimate of drug-likeness (QED) is 0.400. The lowest BCUT2D eigenvalue weighted by molar-refractivity contribution is -0.394. The second kappa shape index (κ2) is 9.26. The summed E-state index contributed by atoms with van der Waals surface area (Å²) in [5, 5.41) is 36.3. The third kappa shape index (κ3) is 4.73. The lowest BCUT2D eigenvalue weighted by Gasteiger charge is -2.12. The van der Waals surface area contributed by atoms with Crippen molar-refractivity contribution >= 4 is 45.3 Å². The summed E-state index contributed by atoms with van der Waals surface area (Å²) in [6.07, 6.45) is 0.662. The van der Waals surface area contributed by atoms with Crippen LogP contribution in [0.2, 0.25) is 0 Å². The normalized spacial score (nSPS) is 10.4. The van der Waals surface area contributed by atoms with Gasteiger partial charge in [0.1, 0.15) is 5.01 Å². The first-order chi connectivity index (χ1) is 15.2. The average molecular weight is 456 g/mol. The molecule has 0 aliphatic rings. The average Bonchev–Trinajstić information content (AvgIpc) is 3.21. The van der Waals surface area contributed by atoms with Crippen LogP contribution in [0.3, 0.4) is 0 Å². The fourth-order valence-electron chi connectivity index (χ4n) is 2.81. The number of carbonyl (C=O) groups is 2. The van der Waals surface area contributed by atoms with E-state index in [2.05, 4.69) is 20.8 Å². The van der Waals surface area contributed by atoms with Gasteiger partial charge in [0.25, 0.3) is 23.2 Å². The van der Waals surface area contributed by atoms with E-state index in [1.165, 1.54) is 30.4 Å². The van der Waals surface area contributed by atoms with Gasteiger partial charge in [0.15, 0.2) is 0 Å². The van der Waals surface area contributed by atoms with E-state index in [1.807, 2.05) is 6.92 Å². The van der Waals surface area contributed by atoms with Gasteiger partial charge in [0.2, 0.25) is 5.13 Å². The lowest BCUT2D eigenvalue weighted by Crippen LogP contribution is -2.19. The molecule has 0 bridgehead atoms. The van der Waals surface area contributed by atoms with Crippen LogP contribution in [-0.2, 0) is 6.42 Å². The summed E-state index contributed by atoms with van der Waals surface area (Å²) in [5.74, 6) is -1.39. The molecule has 0 unspecified atom stereocenters. The van der Waals surface area contributed by atoms with Crippen LogP contribution in [0.4, 0.5) is 22.2 Å². The molecule has 12 nitrogen and oxygen atoms in total. The number of aromatic nitrogens is 2. The second-order valence-electron chi connectivity index (χ2n) is 6.46. The maximum atomic E-state index is 12.9. The molecule has 2 N–H and O–H groups in total. The number of nitrogens with one attached hydrogen (secondary N) is 2. The van der Waals surface area contributed by atoms with Crippen LogP contribution in [0, 0.1) is 27.2 Å². The molecular weight excluding hydrogens is 440 g/mol. The topological polar surface area (TPSA) is 170 Å². The van der Waals surface area contributed by atoms with E-state index in [-0.39, 0.29) is 27.5 Å². The number of nitro benzene ring substituents is 2. The zero-order valence-electron chi connectivity index (χ0n) is 16.8. The highest BCUT2D eigenvalue weighted by Gasteiger charge is 2.25. The molecule has 3 rings (SSSR count). The number of nitrogens with zero attached hydrogens (tertiary/aromatic N) is 4. The minimum Gasteiger partial charge on any atom is -0.321 e. The van der Waals surface area contributed by atoms with Crippen molar-refractivity contribution in [2.75, 3.05) is 10.6 Å². The largest absolute Gasteiger partial charge is 0.321 e. The number of anilines is 2. The smallest absolute Gasteiger partial charge is 0.279 e. The van der Waals surface area contributed by atoms with Gasteiger partial charge in [-0.15, -0.1) is 10.2 Å². The van der Waals surface area contributed by atoms with Gasteiger partial charge in [-0.25, -0.2) is 0 Å².